The number of benzene rings is 1. The van der Waals surface area contributed by atoms with Crippen molar-refractivity contribution in [2.75, 3.05) is 33.9 Å². The second-order valence-electron chi connectivity index (χ2n) is 4.73. The summed E-state index contributed by atoms with van der Waals surface area (Å²) in [6, 6.07) is 5.95. The SMILES string of the molecule is COc1cccc(CN2CCC(CO)C2)c1OC. The van der Waals surface area contributed by atoms with E-state index in [-0.39, 0.29) is 6.61 Å². The van der Waals surface area contributed by atoms with Crippen LogP contribution in [0, 0.1) is 5.92 Å². The van der Waals surface area contributed by atoms with Crippen molar-refractivity contribution in [3.8, 4) is 11.5 Å². The van der Waals surface area contributed by atoms with Crippen LogP contribution in [0.5, 0.6) is 11.5 Å². The number of likely N-dealkylation sites (tertiary alicyclic amines) is 1. The molecule has 18 heavy (non-hydrogen) atoms. The van der Waals surface area contributed by atoms with Crippen LogP contribution in [-0.4, -0.2) is 43.9 Å². The minimum Gasteiger partial charge on any atom is -0.493 e. The summed E-state index contributed by atoms with van der Waals surface area (Å²) in [4.78, 5) is 2.35. The van der Waals surface area contributed by atoms with Crippen molar-refractivity contribution in [1.82, 2.24) is 4.90 Å². The van der Waals surface area contributed by atoms with Crippen molar-refractivity contribution >= 4 is 0 Å². The van der Waals surface area contributed by atoms with Gasteiger partial charge in [-0.25, -0.2) is 0 Å². The van der Waals surface area contributed by atoms with Gasteiger partial charge >= 0.3 is 0 Å². The number of aliphatic hydroxyl groups is 1. The average Bonchev–Trinajstić information content (AvgIpc) is 2.86. The zero-order chi connectivity index (χ0) is 13.0. The predicted octanol–water partition coefficient (Wildman–Crippen LogP) is 1.52. The number of nitrogens with zero attached hydrogens (tertiary/aromatic N) is 1. The van der Waals surface area contributed by atoms with E-state index in [2.05, 4.69) is 11.0 Å². The van der Waals surface area contributed by atoms with E-state index in [4.69, 9.17) is 14.6 Å². The lowest BCUT2D eigenvalue weighted by Gasteiger charge is -2.18. The summed E-state index contributed by atoms with van der Waals surface area (Å²) in [6.07, 6.45) is 1.07. The van der Waals surface area contributed by atoms with Crippen LogP contribution >= 0.6 is 0 Å². The number of methoxy groups -OCH3 is 2. The van der Waals surface area contributed by atoms with Crippen LogP contribution in [0.25, 0.3) is 0 Å². The first-order valence-electron chi connectivity index (χ1n) is 6.31. The molecule has 1 unspecified atom stereocenters. The Kier molecular flexibility index (Phi) is 4.44. The average molecular weight is 251 g/mol. The minimum absolute atomic E-state index is 0.283. The third-order valence-electron chi connectivity index (χ3n) is 3.51. The van der Waals surface area contributed by atoms with Crippen molar-refractivity contribution in [1.29, 1.82) is 0 Å². The van der Waals surface area contributed by atoms with Crippen molar-refractivity contribution in [2.45, 2.75) is 13.0 Å². The zero-order valence-corrected chi connectivity index (χ0v) is 11.1. The van der Waals surface area contributed by atoms with Crippen molar-refractivity contribution in [3.05, 3.63) is 23.8 Å². The van der Waals surface area contributed by atoms with E-state index in [1.54, 1.807) is 14.2 Å². The van der Waals surface area contributed by atoms with Gasteiger partial charge in [0.15, 0.2) is 11.5 Å². The molecule has 1 aliphatic rings. The topological polar surface area (TPSA) is 41.9 Å². The number of rotatable bonds is 5. The highest BCUT2D eigenvalue weighted by Gasteiger charge is 2.23. The second kappa shape index (κ2) is 6.07. The Balaban J connectivity index is 2.09. The van der Waals surface area contributed by atoms with Crippen molar-refractivity contribution in [3.63, 3.8) is 0 Å². The molecule has 0 aromatic heterocycles. The van der Waals surface area contributed by atoms with Gasteiger partial charge in [0, 0.05) is 25.3 Å². The molecule has 1 saturated heterocycles. The Morgan fingerprint density at radius 1 is 1.33 bits per heavy atom. The summed E-state index contributed by atoms with van der Waals surface area (Å²) in [5.74, 6) is 2.00. The molecule has 1 heterocycles. The monoisotopic (exact) mass is 251 g/mol. The smallest absolute Gasteiger partial charge is 0.165 e. The fraction of sp³-hybridized carbons (Fsp3) is 0.571. The van der Waals surface area contributed by atoms with E-state index < -0.39 is 0 Å². The maximum Gasteiger partial charge on any atom is 0.165 e. The van der Waals surface area contributed by atoms with Crippen LogP contribution in [-0.2, 0) is 6.54 Å². The Labute approximate surface area is 108 Å². The Bertz CT molecular complexity index is 395. The maximum atomic E-state index is 9.16. The first-order chi connectivity index (χ1) is 8.78. The van der Waals surface area contributed by atoms with Gasteiger partial charge in [-0.15, -0.1) is 0 Å². The molecule has 0 saturated carbocycles. The third-order valence-corrected chi connectivity index (χ3v) is 3.51. The van der Waals surface area contributed by atoms with Gasteiger partial charge in [-0.2, -0.15) is 0 Å². The molecular formula is C14H21NO3. The molecule has 0 bridgehead atoms. The van der Waals surface area contributed by atoms with Crippen LogP contribution in [0.3, 0.4) is 0 Å². The third kappa shape index (κ3) is 2.76. The summed E-state index contributed by atoms with van der Waals surface area (Å²) in [7, 11) is 3.32. The Morgan fingerprint density at radius 3 is 2.78 bits per heavy atom. The predicted molar refractivity (Wildman–Crippen MR) is 70.0 cm³/mol. The van der Waals surface area contributed by atoms with Gasteiger partial charge in [-0.3, -0.25) is 4.90 Å². The molecule has 1 N–H and O–H groups in total. The minimum atomic E-state index is 0.283. The van der Waals surface area contributed by atoms with Gasteiger partial charge in [-0.05, 0) is 24.9 Å². The maximum absolute atomic E-state index is 9.16. The molecule has 4 nitrogen and oxygen atoms in total. The molecule has 1 aliphatic heterocycles. The first kappa shape index (κ1) is 13.2. The van der Waals surface area contributed by atoms with E-state index in [9.17, 15) is 0 Å². The molecule has 4 heteroatoms. The van der Waals surface area contributed by atoms with Gasteiger partial charge in [0.25, 0.3) is 0 Å². The molecule has 2 rings (SSSR count). The number of hydrogen-bond acceptors (Lipinski definition) is 4. The normalized spacial score (nSPS) is 20.1. The molecule has 100 valence electrons. The van der Waals surface area contributed by atoms with Crippen molar-refractivity contribution < 1.29 is 14.6 Å². The molecule has 0 amide bonds. The lowest BCUT2D eigenvalue weighted by molar-refractivity contribution is 0.219. The lowest BCUT2D eigenvalue weighted by atomic mass is 10.1. The fourth-order valence-electron chi connectivity index (χ4n) is 2.52. The molecule has 1 atom stereocenters. The summed E-state index contributed by atoms with van der Waals surface area (Å²) < 4.78 is 10.7. The molecule has 1 aromatic rings. The van der Waals surface area contributed by atoms with E-state index in [0.29, 0.717) is 5.92 Å². The second-order valence-corrected chi connectivity index (χ2v) is 4.73. The molecule has 0 spiro atoms. The molecule has 1 fully saturated rings. The Morgan fingerprint density at radius 2 is 2.17 bits per heavy atom. The molecule has 1 aromatic carbocycles. The van der Waals surface area contributed by atoms with E-state index in [0.717, 1.165) is 43.1 Å². The largest absolute Gasteiger partial charge is 0.493 e. The Hall–Kier alpha value is -1.26. The number of hydrogen-bond donors (Lipinski definition) is 1. The number of ether oxygens (including phenoxy) is 2. The van der Waals surface area contributed by atoms with Gasteiger partial charge in [0.2, 0.25) is 0 Å². The van der Waals surface area contributed by atoms with Crippen LogP contribution in [0.15, 0.2) is 18.2 Å². The van der Waals surface area contributed by atoms with Crippen LogP contribution in [0.2, 0.25) is 0 Å². The van der Waals surface area contributed by atoms with Crippen LogP contribution < -0.4 is 9.47 Å². The van der Waals surface area contributed by atoms with Gasteiger partial charge in [0.1, 0.15) is 0 Å². The summed E-state index contributed by atoms with van der Waals surface area (Å²) in [5.41, 5.74) is 1.13. The van der Waals surface area contributed by atoms with Crippen LogP contribution in [0.1, 0.15) is 12.0 Å². The van der Waals surface area contributed by atoms with Crippen molar-refractivity contribution in [2.24, 2.45) is 5.92 Å². The summed E-state index contributed by atoms with van der Waals surface area (Å²) >= 11 is 0. The lowest BCUT2D eigenvalue weighted by Crippen LogP contribution is -2.21. The number of para-hydroxylation sites is 1. The summed E-state index contributed by atoms with van der Waals surface area (Å²) in [6.45, 7) is 3.12. The molecule has 0 aliphatic carbocycles. The number of aliphatic hydroxyl groups excluding tert-OH is 1. The van der Waals surface area contributed by atoms with Crippen LogP contribution in [0.4, 0.5) is 0 Å². The van der Waals surface area contributed by atoms with Gasteiger partial charge in [0.05, 0.1) is 14.2 Å². The molecular weight excluding hydrogens is 230 g/mol. The van der Waals surface area contributed by atoms with Gasteiger partial charge in [-0.1, -0.05) is 12.1 Å². The van der Waals surface area contributed by atoms with E-state index in [1.807, 2.05) is 12.1 Å². The fourth-order valence-corrected chi connectivity index (χ4v) is 2.52. The highest BCUT2D eigenvalue weighted by atomic mass is 16.5. The quantitative estimate of drug-likeness (QED) is 0.861. The zero-order valence-electron chi connectivity index (χ0n) is 11.1. The van der Waals surface area contributed by atoms with E-state index in [1.165, 1.54) is 0 Å². The summed E-state index contributed by atoms with van der Waals surface area (Å²) in [5, 5.41) is 9.16. The van der Waals surface area contributed by atoms with Gasteiger partial charge < -0.3 is 14.6 Å². The highest BCUT2D eigenvalue weighted by Crippen LogP contribution is 2.32. The molecule has 0 radical (unpaired) electrons. The standard InChI is InChI=1S/C14H21NO3/c1-17-13-5-3-4-12(14(13)18-2)9-15-7-6-11(8-15)10-16/h3-5,11,16H,6-10H2,1-2H3. The van der Waals surface area contributed by atoms with E-state index >= 15 is 0 Å². The highest BCUT2D eigenvalue weighted by molar-refractivity contribution is 5.46. The first-order valence-corrected chi connectivity index (χ1v) is 6.31.